The predicted molar refractivity (Wildman–Crippen MR) is 118 cm³/mol. The lowest BCUT2D eigenvalue weighted by molar-refractivity contribution is -0.118. The van der Waals surface area contributed by atoms with Gasteiger partial charge in [0.1, 0.15) is 0 Å². The lowest BCUT2D eigenvalue weighted by atomic mass is 10.1. The molecule has 1 aromatic heterocycles. The number of para-hydroxylation sites is 1. The fourth-order valence-corrected chi connectivity index (χ4v) is 4.24. The molecule has 4 rings (SSSR count). The van der Waals surface area contributed by atoms with Gasteiger partial charge in [-0.15, -0.1) is 10.2 Å². The molecule has 0 radical (unpaired) electrons. The minimum atomic E-state index is -0.638. The Hall–Kier alpha value is -2.93. The van der Waals surface area contributed by atoms with E-state index < -0.39 is 6.23 Å². The van der Waals surface area contributed by atoms with Crippen LogP contribution in [0, 0.1) is 0 Å². The Balaban J connectivity index is 1.79. The fourth-order valence-electron chi connectivity index (χ4n) is 3.46. The molecule has 6 nitrogen and oxygen atoms in total. The number of aromatic nitrogens is 3. The van der Waals surface area contributed by atoms with E-state index in [4.69, 9.17) is 4.74 Å². The van der Waals surface area contributed by atoms with Gasteiger partial charge in [-0.25, -0.2) is 0 Å². The highest BCUT2D eigenvalue weighted by atomic mass is 32.2. The van der Waals surface area contributed by atoms with Crippen molar-refractivity contribution in [1.82, 2.24) is 15.2 Å². The Morgan fingerprint density at radius 3 is 2.60 bits per heavy atom. The number of anilines is 1. The number of hydrogen-bond acceptors (Lipinski definition) is 6. The SMILES string of the molecule is CCCCCSc1nnc2c(n1)OC(c1ccccc1)N(C(C)=O)c1ccccc1-2. The molecule has 1 aliphatic heterocycles. The van der Waals surface area contributed by atoms with Crippen molar-refractivity contribution < 1.29 is 9.53 Å². The largest absolute Gasteiger partial charge is 0.447 e. The van der Waals surface area contributed by atoms with E-state index >= 15 is 0 Å². The van der Waals surface area contributed by atoms with E-state index in [9.17, 15) is 4.79 Å². The number of benzene rings is 2. The third kappa shape index (κ3) is 4.16. The van der Waals surface area contributed by atoms with Crippen molar-refractivity contribution in [2.24, 2.45) is 0 Å². The average molecular weight is 421 g/mol. The monoisotopic (exact) mass is 420 g/mol. The zero-order chi connectivity index (χ0) is 20.9. The topological polar surface area (TPSA) is 68.2 Å². The van der Waals surface area contributed by atoms with Gasteiger partial charge in [0.05, 0.1) is 5.69 Å². The smallest absolute Gasteiger partial charge is 0.247 e. The Bertz CT molecular complexity index is 1030. The minimum Gasteiger partial charge on any atom is -0.447 e. The van der Waals surface area contributed by atoms with Gasteiger partial charge in [0.15, 0.2) is 5.69 Å². The Morgan fingerprint density at radius 1 is 1.07 bits per heavy atom. The Morgan fingerprint density at radius 2 is 1.83 bits per heavy atom. The number of carbonyl (C=O) groups is 1. The first-order valence-corrected chi connectivity index (χ1v) is 11.2. The quantitative estimate of drug-likeness (QED) is 0.400. The molecule has 7 heteroatoms. The van der Waals surface area contributed by atoms with E-state index in [-0.39, 0.29) is 5.91 Å². The zero-order valence-corrected chi connectivity index (χ0v) is 17.9. The van der Waals surface area contributed by atoms with E-state index in [1.807, 2.05) is 54.6 Å². The number of carbonyl (C=O) groups excluding carboxylic acids is 1. The maximum absolute atomic E-state index is 12.7. The van der Waals surface area contributed by atoms with Crippen molar-refractivity contribution in [2.45, 2.75) is 44.5 Å². The van der Waals surface area contributed by atoms with Crippen LogP contribution in [0.25, 0.3) is 11.3 Å². The Kier molecular flexibility index (Phi) is 6.28. The van der Waals surface area contributed by atoms with Gasteiger partial charge >= 0.3 is 0 Å². The summed E-state index contributed by atoms with van der Waals surface area (Å²) < 4.78 is 6.35. The number of amides is 1. The first-order chi connectivity index (χ1) is 14.7. The van der Waals surface area contributed by atoms with Gasteiger partial charge in [0.25, 0.3) is 0 Å². The molecular weight excluding hydrogens is 396 g/mol. The first kappa shape index (κ1) is 20.3. The summed E-state index contributed by atoms with van der Waals surface area (Å²) in [5.74, 6) is 1.21. The van der Waals surface area contributed by atoms with Crippen molar-refractivity contribution in [2.75, 3.05) is 10.7 Å². The van der Waals surface area contributed by atoms with E-state index in [0.29, 0.717) is 16.7 Å². The number of unbranched alkanes of at least 4 members (excludes halogenated alkanes) is 2. The molecule has 0 aliphatic carbocycles. The molecule has 0 bridgehead atoms. The highest BCUT2D eigenvalue weighted by Gasteiger charge is 2.34. The average Bonchev–Trinajstić information content (AvgIpc) is 2.91. The van der Waals surface area contributed by atoms with Crippen LogP contribution in [0.3, 0.4) is 0 Å². The van der Waals surface area contributed by atoms with Crippen LogP contribution in [0.5, 0.6) is 5.88 Å². The van der Waals surface area contributed by atoms with Gasteiger partial charge in [-0.1, -0.05) is 80.1 Å². The first-order valence-electron chi connectivity index (χ1n) is 10.2. The van der Waals surface area contributed by atoms with Crippen LogP contribution in [-0.4, -0.2) is 26.8 Å². The predicted octanol–water partition coefficient (Wildman–Crippen LogP) is 5.27. The normalized spacial score (nSPS) is 15.0. The molecule has 0 saturated heterocycles. The molecule has 1 atom stereocenters. The highest BCUT2D eigenvalue weighted by molar-refractivity contribution is 7.99. The molecule has 2 aromatic carbocycles. The van der Waals surface area contributed by atoms with Crippen LogP contribution >= 0.6 is 11.8 Å². The van der Waals surface area contributed by atoms with Gasteiger partial charge < -0.3 is 4.74 Å². The van der Waals surface area contributed by atoms with E-state index in [2.05, 4.69) is 22.1 Å². The van der Waals surface area contributed by atoms with E-state index in [1.165, 1.54) is 12.8 Å². The lowest BCUT2D eigenvalue weighted by Crippen LogP contribution is -2.36. The van der Waals surface area contributed by atoms with Crippen molar-refractivity contribution in [3.8, 4) is 17.1 Å². The number of nitrogens with zero attached hydrogens (tertiary/aromatic N) is 4. The standard InChI is InChI=1S/C23H24N4O2S/c1-3-4-10-15-30-23-24-21-20(25-26-23)18-13-8-9-14-19(18)27(16(2)28)22(29-21)17-11-6-5-7-12-17/h5-9,11-14,22H,3-4,10,15H2,1-2H3. The lowest BCUT2D eigenvalue weighted by Gasteiger charge is -2.29. The molecule has 2 heterocycles. The summed E-state index contributed by atoms with van der Waals surface area (Å²) >= 11 is 1.58. The number of thioether (sulfide) groups is 1. The minimum absolute atomic E-state index is 0.119. The number of hydrogen-bond donors (Lipinski definition) is 0. The number of ether oxygens (including phenoxy) is 1. The second-order valence-corrected chi connectivity index (χ2v) is 8.15. The summed E-state index contributed by atoms with van der Waals surface area (Å²) in [5, 5.41) is 9.35. The molecule has 1 amide bonds. The molecule has 0 fully saturated rings. The summed E-state index contributed by atoms with van der Waals surface area (Å²) in [6.07, 6.45) is 2.82. The van der Waals surface area contributed by atoms with Gasteiger partial charge in [0, 0.05) is 23.8 Å². The zero-order valence-electron chi connectivity index (χ0n) is 17.1. The van der Waals surface area contributed by atoms with Crippen LogP contribution in [0.15, 0.2) is 59.8 Å². The van der Waals surface area contributed by atoms with Gasteiger partial charge in [0.2, 0.25) is 23.2 Å². The molecule has 30 heavy (non-hydrogen) atoms. The third-order valence-corrected chi connectivity index (χ3v) is 5.84. The second kappa shape index (κ2) is 9.26. The summed E-state index contributed by atoms with van der Waals surface area (Å²) in [6.45, 7) is 3.72. The van der Waals surface area contributed by atoms with Gasteiger partial charge in [-0.3, -0.25) is 9.69 Å². The number of rotatable bonds is 6. The van der Waals surface area contributed by atoms with Crippen LogP contribution in [0.4, 0.5) is 5.69 Å². The van der Waals surface area contributed by atoms with Crippen molar-refractivity contribution in [1.29, 1.82) is 0 Å². The molecule has 154 valence electrons. The Labute approximate surface area is 180 Å². The molecule has 0 saturated carbocycles. The van der Waals surface area contributed by atoms with E-state index in [0.717, 1.165) is 29.0 Å². The maximum Gasteiger partial charge on any atom is 0.247 e. The highest BCUT2D eigenvalue weighted by Crippen LogP contribution is 2.43. The van der Waals surface area contributed by atoms with Crippen molar-refractivity contribution >= 4 is 23.4 Å². The molecule has 1 unspecified atom stereocenters. The molecule has 1 aliphatic rings. The van der Waals surface area contributed by atoms with Crippen LogP contribution in [0.1, 0.15) is 44.9 Å². The van der Waals surface area contributed by atoms with Crippen LogP contribution in [0.2, 0.25) is 0 Å². The van der Waals surface area contributed by atoms with Crippen molar-refractivity contribution in [3.05, 3.63) is 60.2 Å². The molecule has 3 aromatic rings. The number of fused-ring (bicyclic) bond motifs is 3. The fraction of sp³-hybridized carbons (Fsp3) is 0.304. The van der Waals surface area contributed by atoms with Crippen LogP contribution < -0.4 is 9.64 Å². The van der Waals surface area contributed by atoms with Gasteiger partial charge in [-0.05, 0) is 12.5 Å². The second-order valence-electron chi connectivity index (χ2n) is 7.09. The summed E-state index contributed by atoms with van der Waals surface area (Å²) in [4.78, 5) is 19.0. The molecule has 0 spiro atoms. The summed E-state index contributed by atoms with van der Waals surface area (Å²) in [5.41, 5.74) is 2.93. The van der Waals surface area contributed by atoms with Gasteiger partial charge in [-0.2, -0.15) is 4.98 Å². The van der Waals surface area contributed by atoms with E-state index in [1.54, 1.807) is 23.6 Å². The molecular formula is C23H24N4O2S. The summed E-state index contributed by atoms with van der Waals surface area (Å²) in [6, 6.07) is 17.3. The third-order valence-electron chi connectivity index (χ3n) is 4.91. The van der Waals surface area contributed by atoms with Crippen LogP contribution in [-0.2, 0) is 4.79 Å². The van der Waals surface area contributed by atoms with Crippen molar-refractivity contribution in [3.63, 3.8) is 0 Å². The maximum atomic E-state index is 12.7. The molecule has 0 N–H and O–H groups in total. The summed E-state index contributed by atoms with van der Waals surface area (Å²) in [7, 11) is 0.